The predicted octanol–water partition coefficient (Wildman–Crippen LogP) is 3.32. The van der Waals surface area contributed by atoms with Crippen molar-refractivity contribution in [2.75, 3.05) is 6.61 Å². The third-order valence-corrected chi connectivity index (χ3v) is 4.35. The number of rotatable bonds is 4. The molecule has 26 heavy (non-hydrogen) atoms. The number of hydrazine groups is 1. The number of benzene rings is 1. The lowest BCUT2D eigenvalue weighted by Gasteiger charge is -2.07. The maximum absolute atomic E-state index is 12.4. The molecule has 2 aromatic heterocycles. The number of furan rings is 1. The Bertz CT molecular complexity index is 990. The molecule has 0 aliphatic carbocycles. The average molecular weight is 420 g/mol. The van der Waals surface area contributed by atoms with Gasteiger partial charge in [0.1, 0.15) is 17.0 Å². The Morgan fingerprint density at radius 1 is 1.23 bits per heavy atom. The van der Waals surface area contributed by atoms with Crippen LogP contribution < -0.4 is 15.6 Å². The number of hydrogen-bond donors (Lipinski definition) is 2. The molecule has 0 fully saturated rings. The lowest BCUT2D eigenvalue weighted by molar-refractivity contribution is 0.0827. The van der Waals surface area contributed by atoms with E-state index >= 15 is 0 Å². The normalized spacial score (nSPS) is 10.8. The van der Waals surface area contributed by atoms with E-state index in [-0.39, 0.29) is 5.76 Å². The molecule has 0 saturated carbocycles. The number of halogens is 1. The first-order valence-electron chi connectivity index (χ1n) is 7.99. The van der Waals surface area contributed by atoms with Crippen LogP contribution in [0.4, 0.5) is 0 Å². The highest BCUT2D eigenvalue weighted by molar-refractivity contribution is 9.10. The van der Waals surface area contributed by atoms with Gasteiger partial charge in [0.05, 0.1) is 6.61 Å². The second-order valence-corrected chi connectivity index (χ2v) is 6.63. The highest BCUT2D eigenvalue weighted by atomic mass is 79.9. The van der Waals surface area contributed by atoms with Crippen molar-refractivity contribution in [1.29, 1.82) is 0 Å². The number of carbonyl (C=O) groups excluding carboxylic acids is 2. The molecule has 0 atom stereocenters. The molecule has 2 amide bonds. The zero-order valence-corrected chi connectivity index (χ0v) is 16.1. The van der Waals surface area contributed by atoms with Gasteiger partial charge in [-0.05, 0) is 54.0 Å². The third kappa shape index (κ3) is 3.45. The van der Waals surface area contributed by atoms with Crippen molar-refractivity contribution in [2.24, 2.45) is 7.05 Å². The average Bonchev–Trinajstić information content (AvgIpc) is 3.12. The Morgan fingerprint density at radius 3 is 2.62 bits per heavy atom. The summed E-state index contributed by atoms with van der Waals surface area (Å²) in [6.45, 7) is 4.24. The molecule has 0 aliphatic heterocycles. The second kappa shape index (κ2) is 7.25. The zero-order chi connectivity index (χ0) is 18.8. The van der Waals surface area contributed by atoms with E-state index in [0.717, 1.165) is 9.86 Å². The highest BCUT2D eigenvalue weighted by Crippen LogP contribution is 2.28. The molecule has 7 nitrogen and oxygen atoms in total. The van der Waals surface area contributed by atoms with Crippen LogP contribution in [0.15, 0.2) is 39.4 Å². The van der Waals surface area contributed by atoms with Crippen molar-refractivity contribution in [3.05, 3.63) is 52.0 Å². The van der Waals surface area contributed by atoms with Gasteiger partial charge in [-0.15, -0.1) is 0 Å². The summed E-state index contributed by atoms with van der Waals surface area (Å²) in [7, 11) is 1.74. The summed E-state index contributed by atoms with van der Waals surface area (Å²) in [5, 5.41) is 0.791. The summed E-state index contributed by atoms with van der Waals surface area (Å²) in [5.41, 5.74) is 6.43. The van der Waals surface area contributed by atoms with Crippen molar-refractivity contribution >= 4 is 38.7 Å². The Balaban J connectivity index is 1.76. The fraction of sp³-hybridized carbons (Fsp3) is 0.222. The molecule has 0 spiro atoms. The van der Waals surface area contributed by atoms with Crippen LogP contribution in [-0.4, -0.2) is 23.0 Å². The first-order valence-corrected chi connectivity index (χ1v) is 8.78. The molecule has 3 rings (SSSR count). The monoisotopic (exact) mass is 419 g/mol. The van der Waals surface area contributed by atoms with E-state index in [9.17, 15) is 9.59 Å². The summed E-state index contributed by atoms with van der Waals surface area (Å²) in [6, 6.07) is 7.02. The molecule has 0 saturated heterocycles. The quantitative estimate of drug-likeness (QED) is 0.635. The molecule has 8 heteroatoms. The first-order chi connectivity index (χ1) is 12.4. The van der Waals surface area contributed by atoms with E-state index in [1.54, 1.807) is 42.9 Å². The number of amides is 2. The molecular weight excluding hydrogens is 402 g/mol. The van der Waals surface area contributed by atoms with Crippen LogP contribution in [0.5, 0.6) is 5.75 Å². The molecule has 0 aliphatic rings. The Morgan fingerprint density at radius 2 is 1.96 bits per heavy atom. The maximum atomic E-state index is 12.4. The van der Waals surface area contributed by atoms with E-state index in [2.05, 4.69) is 26.8 Å². The van der Waals surface area contributed by atoms with Gasteiger partial charge in [-0.25, -0.2) is 0 Å². The topological polar surface area (TPSA) is 85.5 Å². The molecule has 0 radical (unpaired) electrons. The van der Waals surface area contributed by atoms with Crippen molar-refractivity contribution in [3.63, 3.8) is 0 Å². The summed E-state index contributed by atoms with van der Waals surface area (Å²) in [6.07, 6.45) is 1.75. The van der Waals surface area contributed by atoms with E-state index in [1.165, 1.54) is 0 Å². The van der Waals surface area contributed by atoms with Gasteiger partial charge in [-0.2, -0.15) is 0 Å². The maximum Gasteiger partial charge on any atom is 0.305 e. The van der Waals surface area contributed by atoms with Crippen LogP contribution in [0.25, 0.3) is 11.0 Å². The lowest BCUT2D eigenvalue weighted by Crippen LogP contribution is -2.42. The minimum Gasteiger partial charge on any atom is -0.494 e. The number of ether oxygens (including phenoxy) is 1. The SMILES string of the molecule is CCOc1ccc2oc(C(=O)NNC(=O)c3cc(Br)cn3C)c(C)c2c1. The van der Waals surface area contributed by atoms with E-state index in [4.69, 9.17) is 9.15 Å². The summed E-state index contributed by atoms with van der Waals surface area (Å²) in [4.78, 5) is 24.6. The van der Waals surface area contributed by atoms with Gasteiger partial charge in [-0.3, -0.25) is 20.4 Å². The number of fused-ring (bicyclic) bond motifs is 1. The molecule has 2 heterocycles. The Kier molecular flexibility index (Phi) is 5.03. The predicted molar refractivity (Wildman–Crippen MR) is 100 cm³/mol. The number of hydrogen-bond acceptors (Lipinski definition) is 4. The van der Waals surface area contributed by atoms with Gasteiger partial charge < -0.3 is 13.7 Å². The molecule has 2 N–H and O–H groups in total. The molecule has 0 unspecified atom stereocenters. The van der Waals surface area contributed by atoms with Crippen molar-refractivity contribution in [2.45, 2.75) is 13.8 Å². The largest absolute Gasteiger partial charge is 0.494 e. The lowest BCUT2D eigenvalue weighted by atomic mass is 10.1. The second-order valence-electron chi connectivity index (χ2n) is 5.71. The van der Waals surface area contributed by atoms with E-state index < -0.39 is 11.8 Å². The molecule has 1 aromatic carbocycles. The van der Waals surface area contributed by atoms with Gasteiger partial charge in [0.15, 0.2) is 5.76 Å². The number of carbonyl (C=O) groups is 2. The highest BCUT2D eigenvalue weighted by Gasteiger charge is 2.19. The van der Waals surface area contributed by atoms with Gasteiger partial charge >= 0.3 is 5.91 Å². The molecule has 0 bridgehead atoms. The van der Waals surface area contributed by atoms with E-state index in [1.807, 2.05) is 13.0 Å². The van der Waals surface area contributed by atoms with Crippen LogP contribution in [-0.2, 0) is 7.05 Å². The van der Waals surface area contributed by atoms with Gasteiger partial charge in [0.2, 0.25) is 0 Å². The number of aromatic nitrogens is 1. The van der Waals surface area contributed by atoms with Crippen molar-refractivity contribution in [3.8, 4) is 5.75 Å². The standard InChI is InChI=1S/C18H18BrN3O4/c1-4-25-12-5-6-15-13(8-12)10(2)16(26-15)18(24)21-20-17(23)14-7-11(19)9-22(14)3/h5-9H,4H2,1-3H3,(H,20,23)(H,21,24). The van der Waals surface area contributed by atoms with Gasteiger partial charge in [0, 0.05) is 28.7 Å². The molecular formula is C18H18BrN3O4. The summed E-state index contributed by atoms with van der Waals surface area (Å²) in [5.74, 6) is -0.113. The Hall–Kier alpha value is -2.74. The van der Waals surface area contributed by atoms with E-state index in [0.29, 0.717) is 29.2 Å². The van der Waals surface area contributed by atoms with Crippen molar-refractivity contribution < 1.29 is 18.7 Å². The fourth-order valence-electron chi connectivity index (χ4n) is 2.66. The fourth-order valence-corrected chi connectivity index (χ4v) is 3.18. The molecule has 3 aromatic rings. The number of aryl methyl sites for hydroxylation is 2. The first kappa shape index (κ1) is 18.1. The molecule has 136 valence electrons. The van der Waals surface area contributed by atoms with Crippen LogP contribution in [0.3, 0.4) is 0 Å². The van der Waals surface area contributed by atoms with Gasteiger partial charge in [0.25, 0.3) is 5.91 Å². The number of nitrogens with zero attached hydrogens (tertiary/aromatic N) is 1. The smallest absolute Gasteiger partial charge is 0.305 e. The summed E-state index contributed by atoms with van der Waals surface area (Å²) < 4.78 is 13.5. The zero-order valence-electron chi connectivity index (χ0n) is 14.6. The van der Waals surface area contributed by atoms with Crippen molar-refractivity contribution in [1.82, 2.24) is 15.4 Å². The third-order valence-electron chi connectivity index (χ3n) is 3.92. The van der Waals surface area contributed by atoms with Crippen LogP contribution in [0.2, 0.25) is 0 Å². The number of nitrogens with one attached hydrogen (secondary N) is 2. The Labute approximate surface area is 158 Å². The minimum atomic E-state index is -0.529. The van der Waals surface area contributed by atoms with Gasteiger partial charge in [-0.1, -0.05) is 0 Å². The van der Waals surface area contributed by atoms with Crippen LogP contribution in [0.1, 0.15) is 33.5 Å². The summed E-state index contributed by atoms with van der Waals surface area (Å²) >= 11 is 3.30. The van der Waals surface area contributed by atoms with Crippen LogP contribution in [0, 0.1) is 6.92 Å². The minimum absolute atomic E-state index is 0.141. The van der Waals surface area contributed by atoms with Crippen LogP contribution >= 0.6 is 15.9 Å².